The van der Waals surface area contributed by atoms with Gasteiger partial charge in [0.05, 0.1) is 0 Å². The highest BCUT2D eigenvalue weighted by molar-refractivity contribution is 6.30. The molecular formula is C19H18ClNO4. The predicted octanol–water partition coefficient (Wildman–Crippen LogP) is 3.76. The minimum atomic E-state index is -0.515. The first-order chi connectivity index (χ1) is 12.0. The Morgan fingerprint density at radius 1 is 1.24 bits per heavy atom. The number of hydrogen-bond acceptors (Lipinski definition) is 4. The van der Waals surface area contributed by atoms with Crippen LogP contribution in [0.25, 0.3) is 0 Å². The number of amides is 1. The van der Waals surface area contributed by atoms with E-state index in [1.54, 1.807) is 41.3 Å². The lowest BCUT2D eigenvalue weighted by Crippen LogP contribution is -2.23. The van der Waals surface area contributed by atoms with Gasteiger partial charge in [-0.25, -0.2) is 4.79 Å². The standard InChI is InChI=1S/C19H18ClNO4/c1-13-10-14(20)7-8-17(13)24-12-19(23)25-16-5-2-4-15(11-16)21-9-3-6-18(21)22/h2,4-5,7-8,10-11H,3,6,9,12H2,1H3. The molecule has 1 aliphatic rings. The number of rotatable bonds is 5. The van der Waals surface area contributed by atoms with E-state index in [0.29, 0.717) is 29.5 Å². The van der Waals surface area contributed by atoms with E-state index >= 15 is 0 Å². The highest BCUT2D eigenvalue weighted by atomic mass is 35.5. The molecule has 1 saturated heterocycles. The average Bonchev–Trinajstić information content (AvgIpc) is 3.00. The fraction of sp³-hybridized carbons (Fsp3) is 0.263. The molecule has 0 radical (unpaired) electrons. The van der Waals surface area contributed by atoms with Crippen molar-refractivity contribution in [2.24, 2.45) is 0 Å². The Bertz CT molecular complexity index is 806. The van der Waals surface area contributed by atoms with Crippen LogP contribution < -0.4 is 14.4 Å². The molecule has 25 heavy (non-hydrogen) atoms. The van der Waals surface area contributed by atoms with Crippen molar-refractivity contribution in [2.75, 3.05) is 18.1 Å². The summed E-state index contributed by atoms with van der Waals surface area (Å²) >= 11 is 5.89. The third-order valence-electron chi connectivity index (χ3n) is 3.92. The van der Waals surface area contributed by atoms with Gasteiger partial charge in [-0.3, -0.25) is 4.79 Å². The van der Waals surface area contributed by atoms with Crippen molar-refractivity contribution in [1.82, 2.24) is 0 Å². The number of aryl methyl sites for hydroxylation is 1. The molecule has 6 heteroatoms. The minimum absolute atomic E-state index is 0.0880. The van der Waals surface area contributed by atoms with Gasteiger partial charge in [-0.05, 0) is 49.2 Å². The van der Waals surface area contributed by atoms with E-state index in [2.05, 4.69) is 0 Å². The molecule has 0 spiro atoms. The number of anilines is 1. The Kier molecular flexibility index (Phi) is 5.24. The zero-order valence-corrected chi connectivity index (χ0v) is 14.6. The quantitative estimate of drug-likeness (QED) is 0.602. The highest BCUT2D eigenvalue weighted by Crippen LogP contribution is 2.26. The Hall–Kier alpha value is -2.53. The summed E-state index contributed by atoms with van der Waals surface area (Å²) in [5.74, 6) is 0.542. The largest absolute Gasteiger partial charge is 0.482 e. The predicted molar refractivity (Wildman–Crippen MR) is 95.3 cm³/mol. The average molecular weight is 360 g/mol. The van der Waals surface area contributed by atoms with Crippen LogP contribution in [0.4, 0.5) is 5.69 Å². The van der Waals surface area contributed by atoms with Crippen molar-refractivity contribution in [3.05, 3.63) is 53.1 Å². The molecule has 1 amide bonds. The molecule has 0 N–H and O–H groups in total. The van der Waals surface area contributed by atoms with Gasteiger partial charge in [-0.2, -0.15) is 0 Å². The number of nitrogens with zero attached hydrogens (tertiary/aromatic N) is 1. The summed E-state index contributed by atoms with van der Waals surface area (Å²) in [7, 11) is 0. The van der Waals surface area contributed by atoms with Crippen LogP contribution in [0.1, 0.15) is 18.4 Å². The number of hydrogen-bond donors (Lipinski definition) is 0. The van der Waals surface area contributed by atoms with E-state index in [1.807, 2.05) is 13.0 Å². The second kappa shape index (κ2) is 7.57. The minimum Gasteiger partial charge on any atom is -0.482 e. The van der Waals surface area contributed by atoms with Crippen LogP contribution >= 0.6 is 11.6 Å². The van der Waals surface area contributed by atoms with Gasteiger partial charge in [0.25, 0.3) is 0 Å². The summed E-state index contributed by atoms with van der Waals surface area (Å²) < 4.78 is 10.8. The van der Waals surface area contributed by atoms with E-state index in [9.17, 15) is 9.59 Å². The lowest BCUT2D eigenvalue weighted by Gasteiger charge is -2.16. The summed E-state index contributed by atoms with van der Waals surface area (Å²) in [4.78, 5) is 25.5. The van der Waals surface area contributed by atoms with Crippen molar-refractivity contribution in [3.8, 4) is 11.5 Å². The summed E-state index contributed by atoms with van der Waals surface area (Å²) in [5, 5.41) is 0.612. The molecule has 0 aliphatic carbocycles. The second-order valence-electron chi connectivity index (χ2n) is 5.82. The van der Waals surface area contributed by atoms with E-state index < -0.39 is 5.97 Å². The molecule has 3 rings (SSSR count). The summed E-state index contributed by atoms with van der Waals surface area (Å²) in [5.41, 5.74) is 1.58. The van der Waals surface area contributed by atoms with Crippen LogP contribution in [0.2, 0.25) is 5.02 Å². The maximum absolute atomic E-state index is 12.0. The topological polar surface area (TPSA) is 55.8 Å². The summed E-state index contributed by atoms with van der Waals surface area (Å²) in [6, 6.07) is 12.1. The molecule has 2 aromatic carbocycles. The van der Waals surface area contributed by atoms with Crippen molar-refractivity contribution in [1.29, 1.82) is 0 Å². The lowest BCUT2D eigenvalue weighted by atomic mass is 10.2. The molecule has 1 fully saturated rings. The van der Waals surface area contributed by atoms with Gasteiger partial charge in [0, 0.05) is 29.7 Å². The van der Waals surface area contributed by atoms with Gasteiger partial charge in [0.2, 0.25) is 5.91 Å². The van der Waals surface area contributed by atoms with Crippen LogP contribution in [0.15, 0.2) is 42.5 Å². The van der Waals surface area contributed by atoms with Gasteiger partial charge in [0.1, 0.15) is 11.5 Å². The smallest absolute Gasteiger partial charge is 0.349 e. The van der Waals surface area contributed by atoms with E-state index in [0.717, 1.165) is 17.7 Å². The van der Waals surface area contributed by atoms with Crippen LogP contribution in [-0.2, 0) is 9.59 Å². The van der Waals surface area contributed by atoms with E-state index in [1.165, 1.54) is 0 Å². The molecule has 0 unspecified atom stereocenters. The normalized spacial score (nSPS) is 13.8. The third kappa shape index (κ3) is 4.31. The molecule has 5 nitrogen and oxygen atoms in total. The second-order valence-corrected chi connectivity index (χ2v) is 6.26. The molecule has 0 atom stereocenters. The van der Waals surface area contributed by atoms with Crippen LogP contribution in [0.3, 0.4) is 0 Å². The first kappa shape index (κ1) is 17.3. The van der Waals surface area contributed by atoms with Crippen LogP contribution in [-0.4, -0.2) is 25.0 Å². The SMILES string of the molecule is Cc1cc(Cl)ccc1OCC(=O)Oc1cccc(N2CCCC2=O)c1. The van der Waals surface area contributed by atoms with Crippen molar-refractivity contribution >= 4 is 29.2 Å². The Morgan fingerprint density at radius 2 is 2.08 bits per heavy atom. The lowest BCUT2D eigenvalue weighted by molar-refractivity contribution is -0.136. The number of carbonyl (C=O) groups excluding carboxylic acids is 2. The van der Waals surface area contributed by atoms with Gasteiger partial charge in [-0.15, -0.1) is 0 Å². The highest BCUT2D eigenvalue weighted by Gasteiger charge is 2.22. The first-order valence-corrected chi connectivity index (χ1v) is 8.41. The Labute approximate surface area is 151 Å². The number of esters is 1. The van der Waals surface area contributed by atoms with Gasteiger partial charge in [0.15, 0.2) is 6.61 Å². The zero-order valence-electron chi connectivity index (χ0n) is 13.8. The fourth-order valence-electron chi connectivity index (χ4n) is 2.71. The Balaban J connectivity index is 1.60. The molecule has 1 aliphatic heterocycles. The van der Waals surface area contributed by atoms with Gasteiger partial charge >= 0.3 is 5.97 Å². The number of benzene rings is 2. The summed E-state index contributed by atoms with van der Waals surface area (Å²) in [6.07, 6.45) is 1.40. The van der Waals surface area contributed by atoms with Crippen molar-refractivity contribution in [3.63, 3.8) is 0 Å². The van der Waals surface area contributed by atoms with Crippen LogP contribution in [0, 0.1) is 6.92 Å². The molecule has 2 aromatic rings. The monoisotopic (exact) mass is 359 g/mol. The Morgan fingerprint density at radius 3 is 2.80 bits per heavy atom. The maximum Gasteiger partial charge on any atom is 0.349 e. The zero-order chi connectivity index (χ0) is 17.8. The number of carbonyl (C=O) groups is 2. The summed E-state index contributed by atoms with van der Waals surface area (Å²) in [6.45, 7) is 2.33. The van der Waals surface area contributed by atoms with Crippen LogP contribution in [0.5, 0.6) is 11.5 Å². The van der Waals surface area contributed by atoms with E-state index in [4.69, 9.17) is 21.1 Å². The first-order valence-electron chi connectivity index (χ1n) is 8.03. The number of ether oxygens (including phenoxy) is 2. The fourth-order valence-corrected chi connectivity index (χ4v) is 2.94. The molecule has 1 heterocycles. The number of halogens is 1. The third-order valence-corrected chi connectivity index (χ3v) is 4.15. The molecule has 0 aromatic heterocycles. The maximum atomic E-state index is 12.0. The van der Waals surface area contributed by atoms with Crippen molar-refractivity contribution < 1.29 is 19.1 Å². The molecular weight excluding hydrogens is 342 g/mol. The molecule has 0 bridgehead atoms. The van der Waals surface area contributed by atoms with Crippen molar-refractivity contribution in [2.45, 2.75) is 19.8 Å². The van der Waals surface area contributed by atoms with Gasteiger partial charge < -0.3 is 14.4 Å². The molecule has 130 valence electrons. The van der Waals surface area contributed by atoms with E-state index in [-0.39, 0.29) is 12.5 Å². The van der Waals surface area contributed by atoms with Gasteiger partial charge in [-0.1, -0.05) is 17.7 Å². The molecule has 0 saturated carbocycles.